The van der Waals surface area contributed by atoms with Crippen molar-refractivity contribution < 1.29 is 24.0 Å². The third-order valence-corrected chi connectivity index (χ3v) is 2.68. The van der Waals surface area contributed by atoms with Crippen molar-refractivity contribution in [1.29, 1.82) is 0 Å². The van der Waals surface area contributed by atoms with Gasteiger partial charge < -0.3 is 14.8 Å². The van der Waals surface area contributed by atoms with E-state index in [2.05, 4.69) is 26.0 Å². The number of hydrogen-bond donors (Lipinski definition) is 1. The van der Waals surface area contributed by atoms with Crippen molar-refractivity contribution in [3.05, 3.63) is 34.4 Å². The van der Waals surface area contributed by atoms with Crippen LogP contribution >= 0.6 is 15.9 Å². The van der Waals surface area contributed by atoms with Gasteiger partial charge in [0.25, 0.3) is 11.6 Å². The van der Waals surface area contributed by atoms with Crippen LogP contribution in [0.25, 0.3) is 0 Å². The number of carbonyl (C=O) groups excluding carboxylic acids is 2. The number of non-ortho nitro benzene ring substituents is 1. The summed E-state index contributed by atoms with van der Waals surface area (Å²) in [6, 6.07) is 5.19. The van der Waals surface area contributed by atoms with E-state index in [-0.39, 0.29) is 12.3 Å². The van der Waals surface area contributed by atoms with Crippen LogP contribution in [0.5, 0.6) is 0 Å². The van der Waals surface area contributed by atoms with Crippen LogP contribution in [0.15, 0.2) is 24.3 Å². The van der Waals surface area contributed by atoms with E-state index in [4.69, 9.17) is 4.74 Å². The van der Waals surface area contributed by atoms with Gasteiger partial charge in [-0.1, -0.05) is 15.9 Å². The molecule has 0 saturated heterocycles. The van der Waals surface area contributed by atoms with Crippen LogP contribution in [0, 0.1) is 10.1 Å². The van der Waals surface area contributed by atoms with Crippen molar-refractivity contribution in [3.8, 4) is 0 Å². The van der Waals surface area contributed by atoms with Crippen molar-refractivity contribution in [1.82, 2.24) is 0 Å². The second-order valence-electron chi connectivity index (χ2n) is 3.76. The van der Waals surface area contributed by atoms with E-state index in [0.717, 1.165) is 7.11 Å². The number of nitro groups is 1. The molecule has 0 radical (unpaired) electrons. The number of anilines is 1. The molecule has 114 valence electrons. The average Bonchev–Trinajstić information content (AvgIpc) is 2.47. The highest BCUT2D eigenvalue weighted by atomic mass is 79.9. The zero-order valence-corrected chi connectivity index (χ0v) is 12.7. The molecule has 1 amide bonds. The molecule has 1 aromatic rings. The Bertz CT molecular complexity index is 519. The molecular formula is C12H13BrN2O6. The molecule has 9 heteroatoms. The predicted molar refractivity (Wildman–Crippen MR) is 77.3 cm³/mol. The van der Waals surface area contributed by atoms with Gasteiger partial charge in [0.1, 0.15) is 0 Å². The van der Waals surface area contributed by atoms with Gasteiger partial charge in [0.2, 0.25) is 6.10 Å². The summed E-state index contributed by atoms with van der Waals surface area (Å²) in [5, 5.41) is 13.4. The second kappa shape index (κ2) is 8.32. The highest BCUT2D eigenvalue weighted by Crippen LogP contribution is 2.16. The van der Waals surface area contributed by atoms with Gasteiger partial charge in [-0.25, -0.2) is 4.79 Å². The number of hydrogen-bond acceptors (Lipinski definition) is 6. The first-order valence-corrected chi connectivity index (χ1v) is 6.92. The number of esters is 1. The molecule has 0 aliphatic heterocycles. The van der Waals surface area contributed by atoms with Gasteiger partial charge in [0.05, 0.1) is 18.6 Å². The number of carbonyl (C=O) groups is 2. The average molecular weight is 361 g/mol. The van der Waals surface area contributed by atoms with Gasteiger partial charge in [0.15, 0.2) is 0 Å². The number of alkyl halides is 1. The van der Waals surface area contributed by atoms with Crippen LogP contribution in [-0.4, -0.2) is 42.0 Å². The first-order chi connectivity index (χ1) is 9.99. The highest BCUT2D eigenvalue weighted by molar-refractivity contribution is 9.09. The maximum absolute atomic E-state index is 12.0. The van der Waals surface area contributed by atoms with Gasteiger partial charge in [0, 0.05) is 23.2 Å². The molecule has 8 nitrogen and oxygen atoms in total. The fraction of sp³-hybridized carbons (Fsp3) is 0.333. The minimum absolute atomic E-state index is 0.104. The Morgan fingerprint density at radius 2 is 2.00 bits per heavy atom. The lowest BCUT2D eigenvalue weighted by Gasteiger charge is -2.14. The first kappa shape index (κ1) is 17.1. The molecule has 0 saturated carbocycles. The Morgan fingerprint density at radius 3 is 2.48 bits per heavy atom. The summed E-state index contributed by atoms with van der Waals surface area (Å²) < 4.78 is 9.59. The van der Waals surface area contributed by atoms with Gasteiger partial charge in [-0.15, -0.1) is 0 Å². The van der Waals surface area contributed by atoms with E-state index in [9.17, 15) is 19.7 Å². The zero-order valence-electron chi connectivity index (χ0n) is 11.1. The fourth-order valence-corrected chi connectivity index (χ4v) is 1.58. The smallest absolute Gasteiger partial charge is 0.344 e. The van der Waals surface area contributed by atoms with Gasteiger partial charge in [-0.05, 0) is 12.1 Å². The molecule has 0 aromatic heterocycles. The number of benzene rings is 1. The summed E-state index contributed by atoms with van der Waals surface area (Å²) in [6.07, 6.45) is -1.40. The summed E-state index contributed by atoms with van der Waals surface area (Å²) in [5.74, 6) is -1.54. The quantitative estimate of drug-likeness (QED) is 0.259. The van der Waals surface area contributed by atoms with Crippen molar-refractivity contribution in [2.45, 2.75) is 6.10 Å². The summed E-state index contributed by atoms with van der Waals surface area (Å²) in [4.78, 5) is 33.4. The van der Waals surface area contributed by atoms with Gasteiger partial charge in [-0.3, -0.25) is 14.9 Å². The predicted octanol–water partition coefficient (Wildman–Crippen LogP) is 1.49. The molecule has 1 rings (SSSR count). The molecule has 1 N–H and O–H groups in total. The first-order valence-electron chi connectivity index (χ1n) is 5.80. The highest BCUT2D eigenvalue weighted by Gasteiger charge is 2.28. The van der Waals surface area contributed by atoms with Crippen LogP contribution in [-0.2, 0) is 19.1 Å². The third-order valence-electron chi connectivity index (χ3n) is 2.36. The van der Waals surface area contributed by atoms with Crippen molar-refractivity contribution in [2.75, 3.05) is 24.4 Å². The van der Waals surface area contributed by atoms with E-state index in [1.807, 2.05) is 0 Å². The standard InChI is InChI=1S/C12H13BrN2O6/c1-20-12(17)10(21-7-6-13)11(16)14-8-2-4-9(5-3-8)15(18)19/h2-5,10H,6-7H2,1H3,(H,14,16). The van der Waals surface area contributed by atoms with Gasteiger partial charge >= 0.3 is 5.97 Å². The maximum Gasteiger partial charge on any atom is 0.344 e. The molecule has 0 aliphatic carbocycles. The molecule has 0 spiro atoms. The second-order valence-corrected chi connectivity index (χ2v) is 4.55. The molecule has 0 aliphatic rings. The monoisotopic (exact) mass is 360 g/mol. The summed E-state index contributed by atoms with van der Waals surface area (Å²) >= 11 is 3.11. The zero-order chi connectivity index (χ0) is 15.8. The number of rotatable bonds is 7. The number of nitrogens with zero attached hydrogens (tertiary/aromatic N) is 1. The topological polar surface area (TPSA) is 108 Å². The van der Waals surface area contributed by atoms with Crippen molar-refractivity contribution in [3.63, 3.8) is 0 Å². The van der Waals surface area contributed by atoms with Gasteiger partial charge in [-0.2, -0.15) is 0 Å². The minimum Gasteiger partial charge on any atom is -0.467 e. The lowest BCUT2D eigenvalue weighted by molar-refractivity contribution is -0.384. The van der Waals surface area contributed by atoms with Crippen molar-refractivity contribution >= 4 is 39.2 Å². The summed E-state index contributed by atoms with van der Waals surface area (Å²) in [6.45, 7) is 0.146. The molecule has 1 atom stereocenters. The number of nitrogens with one attached hydrogen (secondary N) is 1. The molecular weight excluding hydrogens is 348 g/mol. The molecule has 0 bridgehead atoms. The fourth-order valence-electron chi connectivity index (χ4n) is 1.39. The Hall–Kier alpha value is -2.00. The SMILES string of the molecule is COC(=O)C(OCCBr)C(=O)Nc1ccc([N+](=O)[O-])cc1. The minimum atomic E-state index is -1.40. The summed E-state index contributed by atoms with van der Waals surface area (Å²) in [5.41, 5.74) is 0.204. The van der Waals surface area contributed by atoms with Crippen LogP contribution in [0.3, 0.4) is 0 Å². The van der Waals surface area contributed by atoms with E-state index in [1.165, 1.54) is 24.3 Å². The van der Waals surface area contributed by atoms with E-state index < -0.39 is 22.9 Å². The normalized spacial score (nSPS) is 11.5. The van der Waals surface area contributed by atoms with Crippen LogP contribution in [0.2, 0.25) is 0 Å². The molecule has 0 heterocycles. The Labute approximate surface area is 128 Å². The lowest BCUT2D eigenvalue weighted by Crippen LogP contribution is -2.38. The Morgan fingerprint density at radius 1 is 1.38 bits per heavy atom. The number of nitro benzene ring substituents is 1. The number of ether oxygens (including phenoxy) is 2. The molecule has 1 unspecified atom stereocenters. The Kier molecular flexibility index (Phi) is 6.76. The number of amides is 1. The van der Waals surface area contributed by atoms with Crippen LogP contribution in [0.1, 0.15) is 0 Å². The lowest BCUT2D eigenvalue weighted by atomic mass is 10.2. The number of methoxy groups -OCH3 is 1. The summed E-state index contributed by atoms with van der Waals surface area (Å²) in [7, 11) is 1.14. The van der Waals surface area contributed by atoms with Crippen LogP contribution in [0.4, 0.5) is 11.4 Å². The van der Waals surface area contributed by atoms with E-state index in [0.29, 0.717) is 11.0 Å². The number of halogens is 1. The van der Waals surface area contributed by atoms with Crippen molar-refractivity contribution in [2.24, 2.45) is 0 Å². The van der Waals surface area contributed by atoms with E-state index >= 15 is 0 Å². The van der Waals surface area contributed by atoms with Crippen LogP contribution < -0.4 is 5.32 Å². The molecule has 21 heavy (non-hydrogen) atoms. The Balaban J connectivity index is 2.75. The molecule has 0 fully saturated rings. The molecule has 1 aromatic carbocycles. The maximum atomic E-state index is 12.0. The largest absolute Gasteiger partial charge is 0.467 e. The van der Waals surface area contributed by atoms with E-state index in [1.54, 1.807) is 0 Å². The third kappa shape index (κ3) is 5.12.